The minimum absolute atomic E-state index is 0.0285. The van der Waals surface area contributed by atoms with E-state index in [0.29, 0.717) is 11.1 Å². The van der Waals surface area contributed by atoms with E-state index < -0.39 is 12.6 Å². The highest BCUT2D eigenvalue weighted by Gasteiger charge is 2.15. The number of carboxylic acids is 1. The van der Waals surface area contributed by atoms with Gasteiger partial charge in [-0.3, -0.25) is 0 Å². The number of carboxylic acid groups (broad SMARTS) is 1. The number of benzene rings is 3. The molecule has 0 amide bonds. The van der Waals surface area contributed by atoms with E-state index in [9.17, 15) is 18.7 Å². The van der Waals surface area contributed by atoms with Gasteiger partial charge in [-0.1, -0.05) is 68.3 Å². The molecule has 1 N–H and O–H groups in total. The van der Waals surface area contributed by atoms with Crippen molar-refractivity contribution in [2.24, 2.45) is 0 Å². The summed E-state index contributed by atoms with van der Waals surface area (Å²) in [5.41, 5.74) is 4.35. The van der Waals surface area contributed by atoms with E-state index in [2.05, 4.69) is 35.9 Å². The van der Waals surface area contributed by atoms with Crippen molar-refractivity contribution in [3.05, 3.63) is 77.9 Å². The molecule has 0 saturated heterocycles. The highest BCUT2D eigenvalue weighted by Crippen LogP contribution is 2.31. The van der Waals surface area contributed by atoms with Gasteiger partial charge in [0.05, 0.1) is 5.56 Å². The molecular weight excluding hydrogens is 386 g/mol. The number of ether oxygens (including phenoxy) is 1. The molecule has 0 spiro atoms. The molecule has 0 saturated carbocycles. The SMILES string of the molecule is CCCCCc1ccc(-c2ccc(-c3cc(OC(F)F)ccc3C(=O)O)cc2)cc1. The quantitative estimate of drug-likeness (QED) is 0.384. The van der Waals surface area contributed by atoms with E-state index in [-0.39, 0.29) is 11.3 Å². The zero-order valence-corrected chi connectivity index (χ0v) is 16.8. The summed E-state index contributed by atoms with van der Waals surface area (Å²) >= 11 is 0. The lowest BCUT2D eigenvalue weighted by Gasteiger charge is -2.11. The fraction of sp³-hybridized carbons (Fsp3) is 0.240. The Balaban J connectivity index is 1.84. The van der Waals surface area contributed by atoms with Crippen molar-refractivity contribution < 1.29 is 23.4 Å². The van der Waals surface area contributed by atoms with Crippen LogP contribution in [0.3, 0.4) is 0 Å². The molecule has 0 radical (unpaired) electrons. The van der Waals surface area contributed by atoms with Crippen molar-refractivity contribution in [2.75, 3.05) is 0 Å². The van der Waals surface area contributed by atoms with Crippen LogP contribution in [-0.2, 0) is 6.42 Å². The van der Waals surface area contributed by atoms with Crippen LogP contribution < -0.4 is 4.74 Å². The minimum Gasteiger partial charge on any atom is -0.478 e. The van der Waals surface area contributed by atoms with Crippen LogP contribution in [-0.4, -0.2) is 17.7 Å². The first-order chi connectivity index (χ1) is 14.5. The molecule has 0 fully saturated rings. The van der Waals surface area contributed by atoms with E-state index in [1.165, 1.54) is 43.0 Å². The van der Waals surface area contributed by atoms with Gasteiger partial charge in [0.2, 0.25) is 0 Å². The zero-order valence-electron chi connectivity index (χ0n) is 16.8. The molecule has 5 heteroatoms. The third-order valence-electron chi connectivity index (χ3n) is 5.00. The lowest BCUT2D eigenvalue weighted by molar-refractivity contribution is -0.0498. The predicted molar refractivity (Wildman–Crippen MR) is 114 cm³/mol. The molecule has 0 aliphatic heterocycles. The molecule has 0 aliphatic rings. The number of hydrogen-bond acceptors (Lipinski definition) is 2. The summed E-state index contributed by atoms with van der Waals surface area (Å²) in [6, 6.07) is 19.6. The van der Waals surface area contributed by atoms with Crippen LogP contribution in [0.5, 0.6) is 5.75 Å². The van der Waals surface area contributed by atoms with Crippen LogP contribution in [0.25, 0.3) is 22.3 Å². The molecule has 0 aromatic heterocycles. The molecule has 0 heterocycles. The Morgan fingerprint density at radius 1 is 0.900 bits per heavy atom. The Kier molecular flexibility index (Phi) is 7.17. The average molecular weight is 410 g/mol. The van der Waals surface area contributed by atoms with Crippen molar-refractivity contribution in [3.63, 3.8) is 0 Å². The molecule has 3 aromatic carbocycles. The van der Waals surface area contributed by atoms with Crippen LogP contribution in [0.1, 0.15) is 42.1 Å². The smallest absolute Gasteiger partial charge is 0.387 e. The van der Waals surface area contributed by atoms with E-state index in [1.807, 2.05) is 12.1 Å². The van der Waals surface area contributed by atoms with E-state index >= 15 is 0 Å². The van der Waals surface area contributed by atoms with Gasteiger partial charge in [-0.2, -0.15) is 8.78 Å². The number of hydrogen-bond donors (Lipinski definition) is 1. The van der Waals surface area contributed by atoms with Crippen molar-refractivity contribution in [1.29, 1.82) is 0 Å². The number of rotatable bonds is 9. The molecule has 0 unspecified atom stereocenters. The number of unbranched alkanes of at least 4 members (excludes halogenated alkanes) is 2. The van der Waals surface area contributed by atoms with Crippen molar-refractivity contribution in [3.8, 4) is 28.0 Å². The van der Waals surface area contributed by atoms with Gasteiger partial charge in [0, 0.05) is 0 Å². The van der Waals surface area contributed by atoms with Crippen LogP contribution in [0.2, 0.25) is 0 Å². The van der Waals surface area contributed by atoms with Gasteiger partial charge in [0.25, 0.3) is 0 Å². The first-order valence-electron chi connectivity index (χ1n) is 10.00. The first kappa shape index (κ1) is 21.5. The highest BCUT2D eigenvalue weighted by molar-refractivity contribution is 5.96. The third-order valence-corrected chi connectivity index (χ3v) is 5.00. The fourth-order valence-corrected chi connectivity index (χ4v) is 3.41. The Labute approximate surface area is 175 Å². The lowest BCUT2D eigenvalue weighted by Crippen LogP contribution is -2.04. The average Bonchev–Trinajstić information content (AvgIpc) is 2.74. The van der Waals surface area contributed by atoms with Gasteiger partial charge in [0.15, 0.2) is 0 Å². The summed E-state index contributed by atoms with van der Waals surface area (Å²) in [6.45, 7) is -0.783. The van der Waals surface area contributed by atoms with Gasteiger partial charge >= 0.3 is 12.6 Å². The summed E-state index contributed by atoms with van der Waals surface area (Å²) < 4.78 is 29.5. The molecule has 3 rings (SSSR count). The zero-order chi connectivity index (χ0) is 21.5. The number of aryl methyl sites for hydroxylation is 1. The van der Waals surface area contributed by atoms with Gasteiger partial charge in [-0.05, 0) is 58.9 Å². The Morgan fingerprint density at radius 3 is 2.07 bits per heavy atom. The molecule has 156 valence electrons. The van der Waals surface area contributed by atoms with E-state index in [1.54, 1.807) is 12.1 Å². The monoisotopic (exact) mass is 410 g/mol. The maximum atomic E-state index is 12.5. The summed E-state index contributed by atoms with van der Waals surface area (Å²) in [6.07, 6.45) is 4.68. The van der Waals surface area contributed by atoms with E-state index in [4.69, 9.17) is 0 Å². The van der Waals surface area contributed by atoms with Gasteiger partial charge < -0.3 is 9.84 Å². The van der Waals surface area contributed by atoms with Crippen molar-refractivity contribution in [1.82, 2.24) is 0 Å². The molecule has 0 atom stereocenters. The van der Waals surface area contributed by atoms with Crippen LogP contribution >= 0.6 is 0 Å². The third kappa shape index (κ3) is 5.44. The fourth-order valence-electron chi connectivity index (χ4n) is 3.41. The molecule has 3 nitrogen and oxygen atoms in total. The van der Waals surface area contributed by atoms with Crippen molar-refractivity contribution >= 4 is 5.97 Å². The number of carbonyl (C=O) groups is 1. The van der Waals surface area contributed by atoms with Crippen molar-refractivity contribution in [2.45, 2.75) is 39.2 Å². The van der Waals surface area contributed by atoms with Crippen LogP contribution in [0.15, 0.2) is 66.7 Å². The normalized spacial score (nSPS) is 10.9. The molecule has 0 bridgehead atoms. The van der Waals surface area contributed by atoms with Gasteiger partial charge in [-0.15, -0.1) is 0 Å². The second-order valence-corrected chi connectivity index (χ2v) is 7.12. The van der Waals surface area contributed by atoms with Crippen LogP contribution in [0, 0.1) is 0 Å². The van der Waals surface area contributed by atoms with Gasteiger partial charge in [0.1, 0.15) is 5.75 Å². The second kappa shape index (κ2) is 10.0. The summed E-state index contributed by atoms with van der Waals surface area (Å²) in [5.74, 6) is -1.20. The summed E-state index contributed by atoms with van der Waals surface area (Å²) in [5, 5.41) is 9.45. The highest BCUT2D eigenvalue weighted by atomic mass is 19.3. The standard InChI is InChI=1S/C25H24F2O3/c1-2-3-4-5-17-6-8-18(9-7-17)19-10-12-20(13-11-19)23-16-21(30-25(26)27)14-15-22(23)24(28)29/h6-16,25H,2-5H2,1H3,(H,28,29). The Hall–Kier alpha value is -3.21. The topological polar surface area (TPSA) is 46.5 Å². The molecular formula is C25H24F2O3. The maximum Gasteiger partial charge on any atom is 0.387 e. The maximum absolute atomic E-state index is 12.5. The largest absolute Gasteiger partial charge is 0.478 e. The Bertz CT molecular complexity index is 980. The second-order valence-electron chi connectivity index (χ2n) is 7.12. The van der Waals surface area contributed by atoms with Gasteiger partial charge in [-0.25, -0.2) is 4.79 Å². The first-order valence-corrected chi connectivity index (χ1v) is 10.00. The predicted octanol–water partition coefficient (Wildman–Crippen LogP) is 7.05. The number of aromatic carboxylic acids is 1. The Morgan fingerprint density at radius 2 is 1.50 bits per heavy atom. The lowest BCUT2D eigenvalue weighted by atomic mass is 9.96. The minimum atomic E-state index is -2.97. The number of alkyl halides is 2. The van der Waals surface area contributed by atoms with E-state index in [0.717, 1.165) is 17.5 Å². The molecule has 30 heavy (non-hydrogen) atoms. The van der Waals surface area contributed by atoms with Crippen LogP contribution in [0.4, 0.5) is 8.78 Å². The summed E-state index contributed by atoms with van der Waals surface area (Å²) in [4.78, 5) is 11.6. The molecule has 3 aromatic rings. The summed E-state index contributed by atoms with van der Waals surface area (Å²) in [7, 11) is 0. The molecule has 0 aliphatic carbocycles. The number of halogens is 2.